The fourth-order valence-electron chi connectivity index (χ4n) is 3.66. The molecule has 1 aromatic rings. The molecule has 1 saturated carbocycles. The van der Waals surface area contributed by atoms with Crippen LogP contribution in [0.15, 0.2) is 12.4 Å². The second-order valence-corrected chi connectivity index (χ2v) is 7.39. The van der Waals surface area contributed by atoms with Crippen molar-refractivity contribution in [3.05, 3.63) is 17.5 Å². The van der Waals surface area contributed by atoms with Gasteiger partial charge < -0.3 is 10.2 Å². The molecule has 3 rings (SSSR count). The average Bonchev–Trinajstić information content (AvgIpc) is 2.55. The Kier molecular flexibility index (Phi) is 5.89. The van der Waals surface area contributed by atoms with Gasteiger partial charge in [0.15, 0.2) is 0 Å². The Bertz CT molecular complexity index is 562. The molecule has 24 heavy (non-hydrogen) atoms. The van der Waals surface area contributed by atoms with Gasteiger partial charge in [0.05, 0.1) is 18.9 Å². The van der Waals surface area contributed by atoms with Crippen LogP contribution in [0.3, 0.4) is 0 Å². The number of nitrogens with one attached hydrogen (secondary N) is 1. The standard InChI is InChI=1S/C17H26ClN5O/c1-13-3-2-4-14(9-13)20-17(24)12-22-5-7-23(8-6-22)16-11-19-10-15(18)21-16/h10-11,13-14H,2-9,12H2,1H3,(H,20,24). The molecule has 2 heterocycles. The molecule has 1 N–H and O–H groups in total. The largest absolute Gasteiger partial charge is 0.353 e. The molecule has 1 saturated heterocycles. The maximum absolute atomic E-state index is 12.3. The maximum atomic E-state index is 12.3. The minimum absolute atomic E-state index is 0.157. The number of carbonyl (C=O) groups is 1. The maximum Gasteiger partial charge on any atom is 0.234 e. The first-order chi connectivity index (χ1) is 11.6. The summed E-state index contributed by atoms with van der Waals surface area (Å²) in [5.41, 5.74) is 0. The summed E-state index contributed by atoms with van der Waals surface area (Å²) in [5, 5.41) is 3.63. The molecule has 132 valence electrons. The topological polar surface area (TPSA) is 61.4 Å². The first kappa shape index (κ1) is 17.4. The molecule has 2 aliphatic rings. The van der Waals surface area contributed by atoms with E-state index < -0.39 is 0 Å². The van der Waals surface area contributed by atoms with Crippen molar-refractivity contribution in [3.63, 3.8) is 0 Å². The molecule has 2 atom stereocenters. The van der Waals surface area contributed by atoms with Crippen LogP contribution in [0.1, 0.15) is 32.6 Å². The Morgan fingerprint density at radius 2 is 2.08 bits per heavy atom. The summed E-state index contributed by atoms with van der Waals surface area (Å²) in [6, 6.07) is 0.365. The Labute approximate surface area is 148 Å². The summed E-state index contributed by atoms with van der Waals surface area (Å²) in [4.78, 5) is 25.0. The monoisotopic (exact) mass is 351 g/mol. The van der Waals surface area contributed by atoms with Crippen molar-refractivity contribution >= 4 is 23.3 Å². The fourth-order valence-corrected chi connectivity index (χ4v) is 3.80. The van der Waals surface area contributed by atoms with Gasteiger partial charge in [-0.1, -0.05) is 31.4 Å². The van der Waals surface area contributed by atoms with E-state index in [-0.39, 0.29) is 5.91 Å². The van der Waals surface area contributed by atoms with E-state index in [0.717, 1.165) is 50.8 Å². The van der Waals surface area contributed by atoms with Crippen LogP contribution in [0.25, 0.3) is 0 Å². The summed E-state index contributed by atoms with van der Waals surface area (Å²) in [7, 11) is 0. The number of hydrogen-bond acceptors (Lipinski definition) is 5. The van der Waals surface area contributed by atoms with E-state index in [2.05, 4.69) is 32.0 Å². The zero-order valence-corrected chi connectivity index (χ0v) is 15.0. The molecule has 0 aromatic carbocycles. The number of halogens is 1. The van der Waals surface area contributed by atoms with Crippen LogP contribution in [0.4, 0.5) is 5.82 Å². The number of piperazine rings is 1. The zero-order valence-electron chi connectivity index (χ0n) is 14.2. The molecule has 0 bridgehead atoms. The Balaban J connectivity index is 1.42. The molecule has 0 spiro atoms. The smallest absolute Gasteiger partial charge is 0.234 e. The van der Waals surface area contributed by atoms with Crippen LogP contribution in [-0.2, 0) is 4.79 Å². The third-order valence-electron chi connectivity index (χ3n) is 4.96. The van der Waals surface area contributed by atoms with Crippen LogP contribution in [-0.4, -0.2) is 59.5 Å². The molecule has 1 aliphatic heterocycles. The van der Waals surface area contributed by atoms with Crippen LogP contribution in [0, 0.1) is 5.92 Å². The summed E-state index contributed by atoms with van der Waals surface area (Å²) in [6.07, 6.45) is 8.03. The molecule has 2 unspecified atom stereocenters. The van der Waals surface area contributed by atoms with Crippen molar-refractivity contribution in [1.29, 1.82) is 0 Å². The molecule has 6 nitrogen and oxygen atoms in total. The highest BCUT2D eigenvalue weighted by atomic mass is 35.5. The van der Waals surface area contributed by atoms with E-state index in [1.807, 2.05) is 0 Å². The number of aromatic nitrogens is 2. The quantitative estimate of drug-likeness (QED) is 0.898. The summed E-state index contributed by atoms with van der Waals surface area (Å²) in [5.74, 6) is 1.69. The lowest BCUT2D eigenvalue weighted by Crippen LogP contribution is -2.51. The van der Waals surface area contributed by atoms with E-state index in [0.29, 0.717) is 17.7 Å². The van der Waals surface area contributed by atoms with E-state index in [9.17, 15) is 4.79 Å². The van der Waals surface area contributed by atoms with Crippen molar-refractivity contribution in [1.82, 2.24) is 20.2 Å². The van der Waals surface area contributed by atoms with Gasteiger partial charge in [-0.2, -0.15) is 0 Å². The molecule has 0 radical (unpaired) electrons. The Hall–Kier alpha value is -1.40. The number of nitrogens with zero attached hydrogens (tertiary/aromatic N) is 4. The zero-order chi connectivity index (χ0) is 16.9. The second-order valence-electron chi connectivity index (χ2n) is 7.00. The minimum Gasteiger partial charge on any atom is -0.353 e. The predicted octanol–water partition coefficient (Wildman–Crippen LogP) is 1.95. The highest BCUT2D eigenvalue weighted by Gasteiger charge is 2.23. The molecular formula is C17H26ClN5O. The Morgan fingerprint density at radius 1 is 1.29 bits per heavy atom. The number of amides is 1. The molecular weight excluding hydrogens is 326 g/mol. The van der Waals surface area contributed by atoms with Gasteiger partial charge in [-0.3, -0.25) is 14.7 Å². The normalized spacial score (nSPS) is 25.5. The minimum atomic E-state index is 0.157. The van der Waals surface area contributed by atoms with Gasteiger partial charge >= 0.3 is 0 Å². The van der Waals surface area contributed by atoms with Gasteiger partial charge in [0.2, 0.25) is 5.91 Å². The third-order valence-corrected chi connectivity index (χ3v) is 5.14. The van der Waals surface area contributed by atoms with E-state index in [4.69, 9.17) is 11.6 Å². The Morgan fingerprint density at radius 3 is 2.79 bits per heavy atom. The first-order valence-electron chi connectivity index (χ1n) is 8.84. The fraction of sp³-hybridized carbons (Fsp3) is 0.706. The average molecular weight is 352 g/mol. The first-order valence-corrected chi connectivity index (χ1v) is 9.22. The number of rotatable bonds is 4. The molecule has 1 aromatic heterocycles. The summed E-state index contributed by atoms with van der Waals surface area (Å²) < 4.78 is 0. The second kappa shape index (κ2) is 8.12. The van der Waals surface area contributed by atoms with Crippen LogP contribution >= 0.6 is 11.6 Å². The number of carbonyl (C=O) groups excluding carboxylic acids is 1. The number of anilines is 1. The van der Waals surface area contributed by atoms with Crippen molar-refractivity contribution in [2.45, 2.75) is 38.6 Å². The summed E-state index contributed by atoms with van der Waals surface area (Å²) in [6.45, 7) is 6.13. The van der Waals surface area contributed by atoms with Gasteiger partial charge in [0.25, 0.3) is 0 Å². The van der Waals surface area contributed by atoms with Crippen molar-refractivity contribution in [2.24, 2.45) is 5.92 Å². The van der Waals surface area contributed by atoms with E-state index in [1.54, 1.807) is 6.20 Å². The van der Waals surface area contributed by atoms with Gasteiger partial charge in [0.1, 0.15) is 11.0 Å². The van der Waals surface area contributed by atoms with Crippen LogP contribution < -0.4 is 10.2 Å². The third kappa shape index (κ3) is 4.80. The summed E-state index contributed by atoms with van der Waals surface area (Å²) >= 11 is 5.90. The van der Waals surface area contributed by atoms with Crippen molar-refractivity contribution in [3.8, 4) is 0 Å². The van der Waals surface area contributed by atoms with Crippen LogP contribution in [0.5, 0.6) is 0 Å². The lowest BCUT2D eigenvalue weighted by molar-refractivity contribution is -0.123. The van der Waals surface area contributed by atoms with E-state index in [1.165, 1.54) is 19.0 Å². The van der Waals surface area contributed by atoms with E-state index >= 15 is 0 Å². The predicted molar refractivity (Wildman–Crippen MR) is 95.3 cm³/mol. The van der Waals surface area contributed by atoms with Crippen LogP contribution in [0.2, 0.25) is 5.15 Å². The van der Waals surface area contributed by atoms with Gasteiger partial charge in [-0.25, -0.2) is 4.98 Å². The lowest BCUT2D eigenvalue weighted by Gasteiger charge is -2.35. The molecule has 2 fully saturated rings. The molecule has 1 amide bonds. The van der Waals surface area contributed by atoms with Crippen molar-refractivity contribution < 1.29 is 4.79 Å². The van der Waals surface area contributed by atoms with Crippen molar-refractivity contribution in [2.75, 3.05) is 37.6 Å². The molecule has 7 heteroatoms. The van der Waals surface area contributed by atoms with Gasteiger partial charge in [-0.05, 0) is 18.8 Å². The highest BCUT2D eigenvalue weighted by molar-refractivity contribution is 6.29. The number of hydrogen-bond donors (Lipinski definition) is 1. The highest BCUT2D eigenvalue weighted by Crippen LogP contribution is 2.23. The SMILES string of the molecule is CC1CCCC(NC(=O)CN2CCN(c3cncc(Cl)n3)CC2)C1. The van der Waals surface area contributed by atoms with Gasteiger partial charge in [-0.15, -0.1) is 0 Å². The van der Waals surface area contributed by atoms with Gasteiger partial charge in [0, 0.05) is 32.2 Å². The lowest BCUT2D eigenvalue weighted by atomic mass is 9.87. The molecule has 1 aliphatic carbocycles.